The molecule has 3 heterocycles. The Bertz CT molecular complexity index is 466. The average Bonchev–Trinajstić information content (AvgIpc) is 3.10. The van der Waals surface area contributed by atoms with E-state index in [0.717, 1.165) is 45.0 Å². The number of aromatic nitrogens is 3. The SMILES string of the molecule is Cn1ncnc1CN1CCC(C(=O)N2CCCCC2)C1. The van der Waals surface area contributed by atoms with E-state index in [4.69, 9.17) is 0 Å². The largest absolute Gasteiger partial charge is 0.342 e. The molecule has 0 aromatic carbocycles. The van der Waals surface area contributed by atoms with Gasteiger partial charge in [-0.25, -0.2) is 4.98 Å². The van der Waals surface area contributed by atoms with Crippen molar-refractivity contribution in [3.05, 3.63) is 12.2 Å². The van der Waals surface area contributed by atoms with Crippen molar-refractivity contribution in [1.29, 1.82) is 0 Å². The van der Waals surface area contributed by atoms with Crippen molar-refractivity contribution in [3.63, 3.8) is 0 Å². The minimum Gasteiger partial charge on any atom is -0.342 e. The summed E-state index contributed by atoms with van der Waals surface area (Å²) in [7, 11) is 1.91. The van der Waals surface area contributed by atoms with Crippen LogP contribution in [0.4, 0.5) is 0 Å². The topological polar surface area (TPSA) is 54.3 Å². The number of carbonyl (C=O) groups is 1. The Balaban J connectivity index is 1.53. The molecule has 0 aliphatic carbocycles. The normalized spacial score (nSPS) is 24.2. The number of carbonyl (C=O) groups excluding carboxylic acids is 1. The van der Waals surface area contributed by atoms with Gasteiger partial charge >= 0.3 is 0 Å². The predicted octanol–water partition coefficient (Wildman–Crippen LogP) is 0.649. The van der Waals surface area contributed by atoms with E-state index in [9.17, 15) is 4.79 Å². The second-order valence-electron chi connectivity index (χ2n) is 5.91. The Kier molecular flexibility index (Phi) is 4.00. The Hall–Kier alpha value is -1.43. The molecule has 2 aliphatic heterocycles. The number of aryl methyl sites for hydroxylation is 1. The summed E-state index contributed by atoms with van der Waals surface area (Å²) in [6.45, 7) is 4.55. The fourth-order valence-electron chi connectivity index (χ4n) is 3.21. The van der Waals surface area contributed by atoms with E-state index in [-0.39, 0.29) is 5.92 Å². The highest BCUT2D eigenvalue weighted by Crippen LogP contribution is 2.22. The lowest BCUT2D eigenvalue weighted by Crippen LogP contribution is -2.40. The summed E-state index contributed by atoms with van der Waals surface area (Å²) in [4.78, 5) is 21.1. The van der Waals surface area contributed by atoms with Crippen LogP contribution in [0, 0.1) is 5.92 Å². The third-order valence-electron chi connectivity index (χ3n) is 4.46. The Morgan fingerprint density at radius 2 is 2.10 bits per heavy atom. The van der Waals surface area contributed by atoms with Crippen LogP contribution in [-0.4, -0.2) is 56.7 Å². The summed E-state index contributed by atoms with van der Waals surface area (Å²) in [6.07, 6.45) is 6.17. The molecule has 0 radical (unpaired) electrons. The summed E-state index contributed by atoms with van der Waals surface area (Å²) in [5.41, 5.74) is 0. The van der Waals surface area contributed by atoms with Crippen molar-refractivity contribution in [2.24, 2.45) is 13.0 Å². The molecule has 6 nitrogen and oxygen atoms in total. The van der Waals surface area contributed by atoms with Crippen LogP contribution in [0.25, 0.3) is 0 Å². The Labute approximate surface area is 119 Å². The summed E-state index contributed by atoms with van der Waals surface area (Å²) in [5.74, 6) is 1.52. The molecule has 2 fully saturated rings. The van der Waals surface area contributed by atoms with Crippen LogP contribution in [0.3, 0.4) is 0 Å². The zero-order chi connectivity index (χ0) is 13.9. The fraction of sp³-hybridized carbons (Fsp3) is 0.786. The lowest BCUT2D eigenvalue weighted by molar-refractivity contribution is -0.136. The first-order chi connectivity index (χ1) is 9.74. The highest BCUT2D eigenvalue weighted by Gasteiger charge is 2.32. The van der Waals surface area contributed by atoms with Crippen LogP contribution in [0.2, 0.25) is 0 Å². The number of hydrogen-bond donors (Lipinski definition) is 0. The van der Waals surface area contributed by atoms with E-state index >= 15 is 0 Å². The van der Waals surface area contributed by atoms with Gasteiger partial charge in [0.05, 0.1) is 12.5 Å². The molecule has 1 amide bonds. The molecular weight excluding hydrogens is 254 g/mol. The Morgan fingerprint density at radius 3 is 2.80 bits per heavy atom. The smallest absolute Gasteiger partial charge is 0.227 e. The molecule has 2 saturated heterocycles. The van der Waals surface area contributed by atoms with Gasteiger partial charge in [0.2, 0.25) is 5.91 Å². The van der Waals surface area contributed by atoms with Crippen LogP contribution in [0.15, 0.2) is 6.33 Å². The summed E-state index contributed by atoms with van der Waals surface area (Å²) in [6, 6.07) is 0. The first-order valence-electron chi connectivity index (χ1n) is 7.58. The van der Waals surface area contributed by atoms with E-state index in [1.807, 2.05) is 7.05 Å². The number of piperidine rings is 1. The zero-order valence-corrected chi connectivity index (χ0v) is 12.2. The van der Waals surface area contributed by atoms with Crippen LogP contribution in [0.5, 0.6) is 0 Å². The molecule has 2 aliphatic rings. The average molecular weight is 277 g/mol. The van der Waals surface area contributed by atoms with E-state index in [1.165, 1.54) is 19.3 Å². The highest BCUT2D eigenvalue weighted by molar-refractivity contribution is 5.79. The maximum Gasteiger partial charge on any atom is 0.227 e. The first kappa shape index (κ1) is 13.5. The van der Waals surface area contributed by atoms with E-state index < -0.39 is 0 Å². The fourth-order valence-corrected chi connectivity index (χ4v) is 3.21. The van der Waals surface area contributed by atoms with E-state index in [1.54, 1.807) is 11.0 Å². The Morgan fingerprint density at radius 1 is 1.30 bits per heavy atom. The van der Waals surface area contributed by atoms with Gasteiger partial charge in [-0.05, 0) is 32.2 Å². The molecule has 110 valence electrons. The third-order valence-corrected chi connectivity index (χ3v) is 4.46. The van der Waals surface area contributed by atoms with Gasteiger partial charge in [0, 0.05) is 26.7 Å². The molecular formula is C14H23N5O. The van der Waals surface area contributed by atoms with Gasteiger partial charge in [-0.2, -0.15) is 5.10 Å². The van der Waals surface area contributed by atoms with Crippen molar-refractivity contribution in [2.75, 3.05) is 26.2 Å². The molecule has 1 atom stereocenters. The van der Waals surface area contributed by atoms with Crippen LogP contribution < -0.4 is 0 Å². The third kappa shape index (κ3) is 2.85. The van der Waals surface area contributed by atoms with Crippen molar-refractivity contribution in [3.8, 4) is 0 Å². The number of rotatable bonds is 3. The molecule has 20 heavy (non-hydrogen) atoms. The summed E-state index contributed by atoms with van der Waals surface area (Å²) >= 11 is 0. The molecule has 3 rings (SSSR count). The van der Waals surface area contributed by atoms with E-state index in [0.29, 0.717) is 5.91 Å². The highest BCUT2D eigenvalue weighted by atomic mass is 16.2. The molecule has 1 aromatic heterocycles. The summed E-state index contributed by atoms with van der Waals surface area (Å²) in [5, 5.41) is 4.09. The van der Waals surface area contributed by atoms with Gasteiger partial charge in [-0.1, -0.05) is 0 Å². The molecule has 0 bridgehead atoms. The second-order valence-corrected chi connectivity index (χ2v) is 5.91. The maximum absolute atomic E-state index is 12.5. The lowest BCUT2D eigenvalue weighted by Gasteiger charge is -2.29. The molecule has 6 heteroatoms. The number of likely N-dealkylation sites (tertiary alicyclic amines) is 2. The first-order valence-corrected chi connectivity index (χ1v) is 7.58. The van der Waals surface area contributed by atoms with Gasteiger partial charge in [0.25, 0.3) is 0 Å². The molecule has 1 unspecified atom stereocenters. The predicted molar refractivity (Wildman–Crippen MR) is 74.8 cm³/mol. The number of amides is 1. The zero-order valence-electron chi connectivity index (χ0n) is 12.2. The van der Waals surface area contributed by atoms with Crippen LogP contribution in [0.1, 0.15) is 31.5 Å². The standard InChI is InChI=1S/C14H23N5O/c1-17-13(15-11-16-17)10-18-8-5-12(9-18)14(20)19-6-3-2-4-7-19/h11-12H,2-10H2,1H3. The van der Waals surface area contributed by atoms with Crippen molar-refractivity contribution < 1.29 is 4.79 Å². The van der Waals surface area contributed by atoms with Crippen molar-refractivity contribution in [2.45, 2.75) is 32.2 Å². The lowest BCUT2D eigenvalue weighted by atomic mass is 10.0. The van der Waals surface area contributed by atoms with Crippen molar-refractivity contribution in [1.82, 2.24) is 24.6 Å². The minimum atomic E-state index is 0.182. The number of nitrogens with zero attached hydrogens (tertiary/aromatic N) is 5. The van der Waals surface area contributed by atoms with Gasteiger partial charge in [0.15, 0.2) is 0 Å². The van der Waals surface area contributed by atoms with Crippen LogP contribution in [-0.2, 0) is 18.4 Å². The minimum absolute atomic E-state index is 0.182. The monoisotopic (exact) mass is 277 g/mol. The summed E-state index contributed by atoms with van der Waals surface area (Å²) < 4.78 is 1.81. The molecule has 1 aromatic rings. The van der Waals surface area contributed by atoms with Crippen molar-refractivity contribution >= 4 is 5.91 Å². The molecule has 0 spiro atoms. The van der Waals surface area contributed by atoms with Gasteiger partial charge < -0.3 is 4.90 Å². The quantitative estimate of drug-likeness (QED) is 0.814. The molecule has 0 N–H and O–H groups in total. The number of hydrogen-bond acceptors (Lipinski definition) is 4. The van der Waals surface area contributed by atoms with Gasteiger partial charge in [-0.3, -0.25) is 14.4 Å². The van der Waals surface area contributed by atoms with Gasteiger partial charge in [0.1, 0.15) is 12.2 Å². The maximum atomic E-state index is 12.5. The van der Waals surface area contributed by atoms with Gasteiger partial charge in [-0.15, -0.1) is 0 Å². The molecule has 0 saturated carbocycles. The van der Waals surface area contributed by atoms with E-state index in [2.05, 4.69) is 19.9 Å². The van der Waals surface area contributed by atoms with Crippen LogP contribution >= 0.6 is 0 Å². The second kappa shape index (κ2) is 5.91.